The Bertz CT molecular complexity index is 695. The zero-order valence-electron chi connectivity index (χ0n) is 11.1. The van der Waals surface area contributed by atoms with Gasteiger partial charge in [-0.25, -0.2) is 4.39 Å². The molecular weight excluding hydrogens is 271 g/mol. The third kappa shape index (κ3) is 3.65. The number of carbonyl (C=O) groups is 1. The summed E-state index contributed by atoms with van der Waals surface area (Å²) < 4.78 is 13.5. The van der Waals surface area contributed by atoms with Crippen LogP contribution in [-0.2, 0) is 0 Å². The first-order chi connectivity index (χ1) is 10.1. The fourth-order valence-electron chi connectivity index (χ4n) is 1.88. The van der Waals surface area contributed by atoms with Crippen LogP contribution in [0.4, 0.5) is 4.39 Å². The molecule has 2 aromatic carbocycles. The van der Waals surface area contributed by atoms with Gasteiger partial charge in [-0.3, -0.25) is 4.79 Å². The van der Waals surface area contributed by atoms with Gasteiger partial charge < -0.3 is 10.4 Å². The molecule has 5 heteroatoms. The molecule has 106 valence electrons. The number of aliphatic hydroxyl groups excluding tert-OH is 1. The Morgan fingerprint density at radius 1 is 1.29 bits per heavy atom. The van der Waals surface area contributed by atoms with Gasteiger partial charge in [0, 0.05) is 17.7 Å². The Labute approximate surface area is 121 Å². The first-order valence-electron chi connectivity index (χ1n) is 6.32. The summed E-state index contributed by atoms with van der Waals surface area (Å²) >= 11 is 0. The van der Waals surface area contributed by atoms with Gasteiger partial charge in [-0.2, -0.15) is 5.26 Å². The van der Waals surface area contributed by atoms with Gasteiger partial charge in [0.15, 0.2) is 0 Å². The lowest BCUT2D eigenvalue weighted by molar-refractivity contribution is 0.0914. The van der Waals surface area contributed by atoms with Gasteiger partial charge in [-0.1, -0.05) is 24.3 Å². The van der Waals surface area contributed by atoms with E-state index in [0.717, 1.165) is 0 Å². The number of amides is 1. The SMILES string of the molecule is N#Cc1cccc(C(=O)NCC(O)c2ccccc2F)c1. The maximum absolute atomic E-state index is 13.5. The molecule has 1 unspecified atom stereocenters. The van der Waals surface area contributed by atoms with Crippen molar-refractivity contribution >= 4 is 5.91 Å². The second-order valence-corrected chi connectivity index (χ2v) is 4.44. The predicted molar refractivity (Wildman–Crippen MR) is 74.9 cm³/mol. The van der Waals surface area contributed by atoms with Crippen molar-refractivity contribution in [1.29, 1.82) is 5.26 Å². The standard InChI is InChI=1S/C16H13FN2O2/c17-14-7-2-1-6-13(14)15(20)10-19-16(21)12-5-3-4-11(8-12)9-18/h1-8,15,20H,10H2,(H,19,21). The number of halogens is 1. The Balaban J connectivity index is 2.01. The van der Waals surface area contributed by atoms with Crippen molar-refractivity contribution in [3.63, 3.8) is 0 Å². The van der Waals surface area contributed by atoms with Crippen LogP contribution in [0.25, 0.3) is 0 Å². The Kier molecular flexibility index (Phi) is 4.64. The summed E-state index contributed by atoms with van der Waals surface area (Å²) in [6.07, 6.45) is -1.13. The summed E-state index contributed by atoms with van der Waals surface area (Å²) in [7, 11) is 0. The molecule has 4 nitrogen and oxygen atoms in total. The van der Waals surface area contributed by atoms with E-state index in [2.05, 4.69) is 5.32 Å². The summed E-state index contributed by atoms with van der Waals surface area (Å²) in [5.41, 5.74) is 0.815. The van der Waals surface area contributed by atoms with Gasteiger partial charge in [0.2, 0.25) is 0 Å². The quantitative estimate of drug-likeness (QED) is 0.903. The first-order valence-corrected chi connectivity index (χ1v) is 6.32. The Hall–Kier alpha value is -2.71. The lowest BCUT2D eigenvalue weighted by Crippen LogP contribution is -2.28. The van der Waals surface area contributed by atoms with Gasteiger partial charge in [0.1, 0.15) is 5.82 Å². The highest BCUT2D eigenvalue weighted by Crippen LogP contribution is 2.15. The van der Waals surface area contributed by atoms with Gasteiger partial charge >= 0.3 is 0 Å². The van der Waals surface area contributed by atoms with Crippen LogP contribution in [0.3, 0.4) is 0 Å². The second kappa shape index (κ2) is 6.64. The summed E-state index contributed by atoms with van der Waals surface area (Å²) in [6, 6.07) is 14.0. The minimum Gasteiger partial charge on any atom is -0.386 e. The van der Waals surface area contributed by atoms with Crippen molar-refractivity contribution < 1.29 is 14.3 Å². The zero-order chi connectivity index (χ0) is 15.2. The molecule has 0 aliphatic heterocycles. The van der Waals surface area contributed by atoms with Crippen LogP contribution in [0, 0.1) is 17.1 Å². The van der Waals surface area contributed by atoms with Gasteiger partial charge in [-0.05, 0) is 24.3 Å². The van der Waals surface area contributed by atoms with Crippen molar-refractivity contribution in [3.8, 4) is 6.07 Å². The van der Waals surface area contributed by atoms with E-state index in [4.69, 9.17) is 5.26 Å². The molecule has 0 aliphatic rings. The normalized spacial score (nSPS) is 11.5. The smallest absolute Gasteiger partial charge is 0.251 e. The average molecular weight is 284 g/mol. The summed E-state index contributed by atoms with van der Waals surface area (Å²) in [4.78, 5) is 11.9. The molecule has 0 bridgehead atoms. The fraction of sp³-hybridized carbons (Fsp3) is 0.125. The van der Waals surface area contributed by atoms with E-state index in [1.165, 1.54) is 24.3 Å². The molecule has 1 atom stereocenters. The molecule has 0 spiro atoms. The largest absolute Gasteiger partial charge is 0.386 e. The third-order valence-corrected chi connectivity index (χ3v) is 2.97. The number of benzene rings is 2. The van der Waals surface area contributed by atoms with Crippen LogP contribution in [-0.4, -0.2) is 17.6 Å². The highest BCUT2D eigenvalue weighted by atomic mass is 19.1. The van der Waals surface area contributed by atoms with E-state index in [1.807, 2.05) is 6.07 Å². The number of rotatable bonds is 4. The molecule has 0 radical (unpaired) electrons. The highest BCUT2D eigenvalue weighted by molar-refractivity contribution is 5.94. The summed E-state index contributed by atoms with van der Waals surface area (Å²) in [6.45, 7) is -0.115. The predicted octanol–water partition coefficient (Wildman–Crippen LogP) is 2.16. The van der Waals surface area contributed by atoms with E-state index in [0.29, 0.717) is 11.1 Å². The van der Waals surface area contributed by atoms with Crippen molar-refractivity contribution in [1.82, 2.24) is 5.32 Å². The Morgan fingerprint density at radius 2 is 2.05 bits per heavy atom. The fourth-order valence-corrected chi connectivity index (χ4v) is 1.88. The lowest BCUT2D eigenvalue weighted by atomic mass is 10.1. The van der Waals surface area contributed by atoms with Gasteiger partial charge in [0.25, 0.3) is 5.91 Å². The van der Waals surface area contributed by atoms with E-state index in [1.54, 1.807) is 24.3 Å². The average Bonchev–Trinajstić information content (AvgIpc) is 2.52. The first kappa shape index (κ1) is 14.7. The minimum atomic E-state index is -1.13. The van der Waals surface area contributed by atoms with Crippen LogP contribution in [0.2, 0.25) is 0 Å². The molecule has 0 saturated carbocycles. The monoisotopic (exact) mass is 284 g/mol. The number of nitriles is 1. The molecule has 2 N–H and O–H groups in total. The molecule has 0 heterocycles. The lowest BCUT2D eigenvalue weighted by Gasteiger charge is -2.13. The molecule has 2 aromatic rings. The number of hydrogen-bond acceptors (Lipinski definition) is 3. The Morgan fingerprint density at radius 3 is 2.76 bits per heavy atom. The molecule has 2 rings (SSSR count). The van der Waals surface area contributed by atoms with Crippen molar-refractivity contribution in [2.75, 3.05) is 6.54 Å². The van der Waals surface area contributed by atoms with Gasteiger partial charge in [-0.15, -0.1) is 0 Å². The molecule has 1 amide bonds. The van der Waals surface area contributed by atoms with Crippen molar-refractivity contribution in [2.45, 2.75) is 6.10 Å². The number of carbonyl (C=O) groups excluding carboxylic acids is 1. The molecule has 0 aliphatic carbocycles. The van der Waals surface area contributed by atoms with E-state index in [-0.39, 0.29) is 12.1 Å². The summed E-state index contributed by atoms with van der Waals surface area (Å²) in [5, 5.41) is 21.2. The molecule has 0 saturated heterocycles. The zero-order valence-corrected chi connectivity index (χ0v) is 11.1. The number of hydrogen-bond donors (Lipinski definition) is 2. The van der Waals surface area contributed by atoms with Crippen LogP contribution in [0.5, 0.6) is 0 Å². The summed E-state index contributed by atoms with van der Waals surface area (Å²) in [5.74, 6) is -0.951. The molecular formula is C16H13FN2O2. The number of aliphatic hydroxyl groups is 1. The van der Waals surface area contributed by atoms with Crippen LogP contribution in [0.1, 0.15) is 27.6 Å². The van der Waals surface area contributed by atoms with Gasteiger partial charge in [0.05, 0.1) is 17.7 Å². The van der Waals surface area contributed by atoms with E-state index < -0.39 is 17.8 Å². The second-order valence-electron chi connectivity index (χ2n) is 4.44. The molecule has 0 fully saturated rings. The van der Waals surface area contributed by atoms with Crippen LogP contribution in [0.15, 0.2) is 48.5 Å². The van der Waals surface area contributed by atoms with Crippen LogP contribution >= 0.6 is 0 Å². The maximum atomic E-state index is 13.5. The third-order valence-electron chi connectivity index (χ3n) is 2.97. The highest BCUT2D eigenvalue weighted by Gasteiger charge is 2.14. The van der Waals surface area contributed by atoms with Crippen molar-refractivity contribution in [2.24, 2.45) is 0 Å². The minimum absolute atomic E-state index is 0.115. The topological polar surface area (TPSA) is 73.1 Å². The van der Waals surface area contributed by atoms with Crippen LogP contribution < -0.4 is 5.32 Å². The number of nitrogens with zero attached hydrogens (tertiary/aromatic N) is 1. The van der Waals surface area contributed by atoms with E-state index in [9.17, 15) is 14.3 Å². The van der Waals surface area contributed by atoms with E-state index >= 15 is 0 Å². The maximum Gasteiger partial charge on any atom is 0.251 e. The molecule has 21 heavy (non-hydrogen) atoms. The molecule has 0 aromatic heterocycles. The van der Waals surface area contributed by atoms with Crippen molar-refractivity contribution in [3.05, 3.63) is 71.0 Å². The number of nitrogens with one attached hydrogen (secondary N) is 1.